The lowest BCUT2D eigenvalue weighted by Gasteiger charge is -2.20. The molecule has 10 aromatic heterocycles. The first-order valence-corrected chi connectivity index (χ1v) is 31.2. The van der Waals surface area contributed by atoms with Crippen LogP contribution in [0.3, 0.4) is 0 Å². The van der Waals surface area contributed by atoms with Crippen LogP contribution in [0.5, 0.6) is 11.5 Å². The number of hydrogen-bond acceptors (Lipinski definition) is 7. The van der Waals surface area contributed by atoms with Crippen molar-refractivity contribution in [2.24, 2.45) is 0 Å². The smallest absolute Gasteiger partial charge is 0.179 e. The van der Waals surface area contributed by atoms with Crippen molar-refractivity contribution in [3.8, 4) is 23.1 Å². The van der Waals surface area contributed by atoms with Crippen LogP contribution in [0.25, 0.3) is 132 Å². The Hall–Kier alpha value is -11.0. The van der Waals surface area contributed by atoms with E-state index in [1.54, 1.807) is 12.1 Å². The third-order valence-corrected chi connectivity index (χ3v) is 17.9. The highest BCUT2D eigenvalue weighted by Gasteiger charge is 2.22. The van der Waals surface area contributed by atoms with E-state index < -0.39 is 0 Å². The summed E-state index contributed by atoms with van der Waals surface area (Å²) in [6.45, 7) is 13.4. The van der Waals surface area contributed by atoms with Gasteiger partial charge in [-0.2, -0.15) is 0 Å². The summed E-state index contributed by atoms with van der Waals surface area (Å²) in [5, 5.41) is 8.76. The summed E-state index contributed by atoms with van der Waals surface area (Å²) >= 11 is 3.61. The first kappa shape index (κ1) is 55.3. The van der Waals surface area contributed by atoms with Crippen LogP contribution in [0.1, 0.15) is 52.7 Å². The lowest BCUT2D eigenvalue weighted by molar-refractivity contribution is 0.484. The number of rotatable bonds is 4. The fraction of sp³-hybridized carbons (Fsp3) is 0.103. The van der Waals surface area contributed by atoms with E-state index >= 15 is 0 Å². The molecule has 0 amide bonds. The third-order valence-electron chi connectivity index (χ3n) is 17.4. The van der Waals surface area contributed by atoms with Crippen LogP contribution in [0.2, 0.25) is 0 Å². The van der Waals surface area contributed by atoms with Gasteiger partial charge in [-0.1, -0.05) is 124 Å². The SMILES string of the molecule is CC(C)(C)c1ccnc(-n2c3ccccc3c3ccc(Br)cc32)c1.CC(C)(C)c1ccnc(-n2c3ccccc3c3ccc(Oc4ccc5c(c4)c4nc6ccccc6n4c4cccnc54)cc32)c1.O=c1ccc2c(c1)c1nc3ccccc3n1c1ccc[nH]c21. The van der Waals surface area contributed by atoms with Crippen molar-refractivity contribution in [2.75, 3.05) is 0 Å². The quantitative estimate of drug-likeness (QED) is 0.174. The van der Waals surface area contributed by atoms with Crippen LogP contribution in [-0.4, -0.2) is 47.8 Å². The fourth-order valence-electron chi connectivity index (χ4n) is 13.0. The Balaban J connectivity index is 0.000000120. The van der Waals surface area contributed by atoms with Gasteiger partial charge in [0.05, 0.1) is 66.2 Å². The molecule has 13 heteroatoms. The average Bonchev–Trinajstić information content (AvgIpc) is 1.70. The van der Waals surface area contributed by atoms with Crippen LogP contribution < -0.4 is 10.2 Å². The van der Waals surface area contributed by atoms with E-state index in [1.165, 1.54) is 38.3 Å². The van der Waals surface area contributed by atoms with Crippen LogP contribution in [0, 0.1) is 0 Å². The van der Waals surface area contributed by atoms with Gasteiger partial charge in [0.1, 0.15) is 34.4 Å². The van der Waals surface area contributed by atoms with Gasteiger partial charge in [0, 0.05) is 78.4 Å². The van der Waals surface area contributed by atoms with Crippen molar-refractivity contribution in [3.63, 3.8) is 0 Å². The predicted octanol–water partition coefficient (Wildman–Crippen LogP) is 19.5. The Morgan fingerprint density at radius 2 is 0.890 bits per heavy atom. The molecule has 10 heterocycles. The monoisotopic (exact) mass is 1250 g/mol. The van der Waals surface area contributed by atoms with Crippen molar-refractivity contribution < 1.29 is 4.74 Å². The van der Waals surface area contributed by atoms with E-state index in [0.29, 0.717) is 0 Å². The topological polar surface area (TPSA) is 125 Å². The number of para-hydroxylation sites is 6. The highest BCUT2D eigenvalue weighted by Crippen LogP contribution is 2.40. The molecule has 0 spiro atoms. The van der Waals surface area contributed by atoms with Gasteiger partial charge < -0.3 is 9.72 Å². The molecular weight excluding hydrogens is 1190 g/mol. The minimum absolute atomic E-state index is 0.00302. The Morgan fingerprint density at radius 1 is 0.396 bits per heavy atom. The van der Waals surface area contributed by atoms with E-state index in [4.69, 9.17) is 24.7 Å². The molecule has 1 N–H and O–H groups in total. The number of nitrogens with one attached hydrogen (secondary N) is 1. The molecule has 0 bridgehead atoms. The number of aromatic nitrogens is 10. The van der Waals surface area contributed by atoms with Gasteiger partial charge >= 0.3 is 0 Å². The van der Waals surface area contributed by atoms with Gasteiger partial charge in [-0.3, -0.25) is 27.7 Å². The predicted molar refractivity (Wildman–Crippen MR) is 376 cm³/mol. The van der Waals surface area contributed by atoms with Gasteiger partial charge in [0.25, 0.3) is 0 Å². The average molecular weight is 1250 g/mol. The van der Waals surface area contributed by atoms with Gasteiger partial charge in [-0.05, 0) is 168 Å². The molecule has 0 aliphatic heterocycles. The molecule has 18 aromatic rings. The zero-order valence-corrected chi connectivity index (χ0v) is 52.4. The summed E-state index contributed by atoms with van der Waals surface area (Å²) in [6.07, 6.45) is 7.56. The fourth-order valence-corrected chi connectivity index (χ4v) is 13.4. The number of imidazole rings is 2. The number of H-pyrrole nitrogens is 1. The van der Waals surface area contributed by atoms with E-state index in [-0.39, 0.29) is 16.3 Å². The standard InChI is InChI=1S/C39H29N5O.C21H19BrN2.C18H11N3O/c1-39(2,3)24-18-20-40-36(21-24)43-32-11-6-4-9-27(32)28-16-14-26(23-35(28)43)45-25-15-17-29-30(22-25)38-42-31-10-5-7-12-33(31)44(38)34-13-8-19-41-37(29)34;1-21(2,3)14-10-11-23-20(12-14)24-18-7-5-4-6-16(18)17-9-8-15(22)13-19(17)24;22-11-7-8-12-13(10-11)18-20-14-4-1-2-5-15(14)21(18)16-6-3-9-19-17(12)16/h4-23H,1-3H3;4-13H,1-3H3;1-10,19H. The highest BCUT2D eigenvalue weighted by molar-refractivity contribution is 9.10. The van der Waals surface area contributed by atoms with Crippen molar-refractivity contribution in [1.29, 1.82) is 0 Å². The zero-order valence-electron chi connectivity index (χ0n) is 50.8. The van der Waals surface area contributed by atoms with Crippen molar-refractivity contribution >= 4 is 137 Å². The second-order valence-electron chi connectivity index (χ2n) is 25.2. The number of halogens is 1. The number of benzene rings is 8. The Morgan fingerprint density at radius 3 is 1.52 bits per heavy atom. The summed E-state index contributed by atoms with van der Waals surface area (Å²) in [5.41, 5.74) is 16.8. The number of nitrogens with zero attached hydrogens (tertiary/aromatic N) is 9. The van der Waals surface area contributed by atoms with Crippen LogP contribution in [0.4, 0.5) is 0 Å². The summed E-state index contributed by atoms with van der Waals surface area (Å²) in [7, 11) is 0. The van der Waals surface area contributed by atoms with Crippen LogP contribution >= 0.6 is 15.9 Å². The van der Waals surface area contributed by atoms with E-state index in [2.05, 4.69) is 231 Å². The molecule has 91 heavy (non-hydrogen) atoms. The maximum atomic E-state index is 11.8. The second-order valence-corrected chi connectivity index (χ2v) is 26.1. The van der Waals surface area contributed by atoms with Crippen molar-refractivity contribution in [3.05, 3.63) is 269 Å². The minimum Gasteiger partial charge on any atom is -0.457 e. The molecule has 0 atom stereocenters. The number of fused-ring (bicyclic) bond motifs is 22. The Labute approximate surface area is 530 Å². The summed E-state index contributed by atoms with van der Waals surface area (Å²) in [5.74, 6) is 3.35. The first-order chi connectivity index (χ1) is 44.2. The molecule has 12 nitrogen and oxygen atoms in total. The van der Waals surface area contributed by atoms with Crippen molar-refractivity contribution in [2.45, 2.75) is 52.4 Å². The van der Waals surface area contributed by atoms with E-state index in [9.17, 15) is 4.79 Å². The van der Waals surface area contributed by atoms with Gasteiger partial charge in [0.15, 0.2) is 5.43 Å². The van der Waals surface area contributed by atoms with Gasteiger partial charge in [0.2, 0.25) is 0 Å². The second kappa shape index (κ2) is 21.4. The van der Waals surface area contributed by atoms with E-state index in [1.807, 2.05) is 85.5 Å². The molecular formula is C78H59BrN10O2. The number of ether oxygens (including phenoxy) is 1. The minimum atomic E-state index is -0.00302. The maximum Gasteiger partial charge on any atom is 0.179 e. The number of pyridine rings is 6. The highest BCUT2D eigenvalue weighted by atomic mass is 79.9. The summed E-state index contributed by atoms with van der Waals surface area (Å²) in [6, 6.07) is 74.1. The summed E-state index contributed by atoms with van der Waals surface area (Å²) < 4.78 is 16.5. The largest absolute Gasteiger partial charge is 0.457 e. The first-order valence-electron chi connectivity index (χ1n) is 30.4. The molecule has 0 radical (unpaired) electrons. The molecule has 0 aliphatic carbocycles. The maximum absolute atomic E-state index is 11.8. The molecule has 0 saturated heterocycles. The molecule has 440 valence electrons. The van der Waals surface area contributed by atoms with E-state index in [0.717, 1.165) is 121 Å². The number of hydrogen-bond donors (Lipinski definition) is 1. The molecule has 0 saturated carbocycles. The van der Waals surface area contributed by atoms with Gasteiger partial charge in [-0.15, -0.1) is 0 Å². The van der Waals surface area contributed by atoms with Crippen LogP contribution in [-0.2, 0) is 10.8 Å². The zero-order chi connectivity index (χ0) is 61.9. The number of aromatic amines is 1. The van der Waals surface area contributed by atoms with Gasteiger partial charge in [-0.25, -0.2) is 19.9 Å². The van der Waals surface area contributed by atoms with Crippen molar-refractivity contribution in [1.82, 2.24) is 47.8 Å². The Bertz CT molecular complexity index is 6040. The summed E-state index contributed by atoms with van der Waals surface area (Å²) in [4.78, 5) is 39.2. The lowest BCUT2D eigenvalue weighted by Crippen LogP contribution is -2.12. The lowest BCUT2D eigenvalue weighted by atomic mass is 9.88. The molecule has 8 aromatic carbocycles. The molecule has 18 rings (SSSR count). The molecule has 0 aliphatic rings. The third kappa shape index (κ3) is 9.41. The Kier molecular flexibility index (Phi) is 13.0. The normalized spacial score (nSPS) is 12.2. The molecule has 0 unspecified atom stereocenters. The van der Waals surface area contributed by atoms with Crippen LogP contribution in [0.15, 0.2) is 252 Å². The molecule has 0 fully saturated rings.